The third-order valence-electron chi connectivity index (χ3n) is 3.62. The molecule has 1 fully saturated rings. The molecule has 0 heterocycles. The molecule has 1 aromatic rings. The quantitative estimate of drug-likeness (QED) is 0.885. The fourth-order valence-electron chi connectivity index (χ4n) is 2.45. The van der Waals surface area contributed by atoms with Crippen LogP contribution in [0.2, 0.25) is 5.02 Å². The molecule has 0 spiro atoms. The first-order chi connectivity index (χ1) is 7.66. The molecule has 0 aromatic heterocycles. The van der Waals surface area contributed by atoms with E-state index in [0.29, 0.717) is 5.92 Å². The average Bonchev–Trinajstić information content (AvgIpc) is 2.64. The Morgan fingerprint density at radius 2 is 2.12 bits per heavy atom. The summed E-state index contributed by atoms with van der Waals surface area (Å²) in [7, 11) is 0. The zero-order chi connectivity index (χ0) is 11.6. The minimum Gasteiger partial charge on any atom is -0.329 e. The minimum absolute atomic E-state index is 0.244. The van der Waals surface area contributed by atoms with Crippen LogP contribution in [0.3, 0.4) is 0 Å². The smallest absolute Gasteiger partial charge is 0.0406 e. The normalized spacial score (nSPS) is 29.6. The van der Waals surface area contributed by atoms with Crippen LogP contribution in [0.5, 0.6) is 0 Å². The Bertz CT molecular complexity index is 351. The molecule has 3 heteroatoms. The topological polar surface area (TPSA) is 26.0 Å². The summed E-state index contributed by atoms with van der Waals surface area (Å²) in [5, 5.41) is 0.797. The molecule has 1 aromatic carbocycles. The van der Waals surface area contributed by atoms with Crippen molar-refractivity contribution >= 4 is 23.4 Å². The molecule has 1 aliphatic carbocycles. The lowest BCUT2D eigenvalue weighted by molar-refractivity contribution is 0.476. The molecular formula is C13H18ClNS. The Balaban J connectivity index is 2.15. The molecule has 88 valence electrons. The van der Waals surface area contributed by atoms with Crippen LogP contribution in [0.15, 0.2) is 29.2 Å². The van der Waals surface area contributed by atoms with Crippen LogP contribution in [0.4, 0.5) is 0 Å². The van der Waals surface area contributed by atoms with E-state index in [0.717, 1.165) is 11.6 Å². The third kappa shape index (κ3) is 2.39. The van der Waals surface area contributed by atoms with Gasteiger partial charge in [0.1, 0.15) is 0 Å². The van der Waals surface area contributed by atoms with E-state index >= 15 is 0 Å². The Hall–Kier alpha value is -0.180. The van der Waals surface area contributed by atoms with Crippen molar-refractivity contribution in [3.63, 3.8) is 0 Å². The van der Waals surface area contributed by atoms with Crippen molar-refractivity contribution in [2.45, 2.75) is 35.8 Å². The molecule has 1 nitrogen and oxygen atoms in total. The van der Waals surface area contributed by atoms with Gasteiger partial charge in [0.05, 0.1) is 0 Å². The van der Waals surface area contributed by atoms with Crippen molar-refractivity contribution in [1.82, 2.24) is 0 Å². The number of thioether (sulfide) groups is 1. The summed E-state index contributed by atoms with van der Waals surface area (Å²) in [5.41, 5.74) is 5.99. The molecule has 0 saturated heterocycles. The maximum Gasteiger partial charge on any atom is 0.0406 e. The molecule has 2 rings (SSSR count). The molecular weight excluding hydrogens is 238 g/mol. The van der Waals surface area contributed by atoms with E-state index in [1.807, 2.05) is 23.9 Å². The van der Waals surface area contributed by atoms with Gasteiger partial charge in [0.25, 0.3) is 0 Å². The first kappa shape index (κ1) is 12.3. The van der Waals surface area contributed by atoms with Gasteiger partial charge in [0, 0.05) is 21.2 Å². The molecule has 2 atom stereocenters. The van der Waals surface area contributed by atoms with E-state index in [4.69, 9.17) is 17.3 Å². The van der Waals surface area contributed by atoms with Crippen LogP contribution >= 0.6 is 23.4 Å². The van der Waals surface area contributed by atoms with E-state index in [-0.39, 0.29) is 4.75 Å². The number of nitrogens with two attached hydrogens (primary N) is 1. The van der Waals surface area contributed by atoms with Crippen LogP contribution in [0.25, 0.3) is 0 Å². The second-order valence-corrected chi connectivity index (χ2v) is 6.54. The number of halogens is 1. The Kier molecular flexibility index (Phi) is 3.83. The van der Waals surface area contributed by atoms with E-state index in [9.17, 15) is 0 Å². The molecule has 1 saturated carbocycles. The second kappa shape index (κ2) is 4.99. The summed E-state index contributed by atoms with van der Waals surface area (Å²) in [5.74, 6) is 0.707. The SMILES string of the molecule is CC1CCCC1(CN)Sc1ccc(Cl)cc1. The van der Waals surface area contributed by atoms with Gasteiger partial charge < -0.3 is 5.73 Å². The van der Waals surface area contributed by atoms with Gasteiger partial charge in [-0.25, -0.2) is 0 Å². The monoisotopic (exact) mass is 255 g/mol. The lowest BCUT2D eigenvalue weighted by Crippen LogP contribution is -2.36. The highest BCUT2D eigenvalue weighted by Gasteiger charge is 2.39. The Morgan fingerprint density at radius 3 is 2.62 bits per heavy atom. The van der Waals surface area contributed by atoms with Gasteiger partial charge in [-0.2, -0.15) is 0 Å². The van der Waals surface area contributed by atoms with Crippen LogP contribution in [-0.4, -0.2) is 11.3 Å². The van der Waals surface area contributed by atoms with E-state index in [1.54, 1.807) is 0 Å². The van der Waals surface area contributed by atoms with Gasteiger partial charge in [-0.05, 0) is 43.0 Å². The molecule has 0 radical (unpaired) electrons. The fourth-order valence-corrected chi connectivity index (χ4v) is 3.97. The van der Waals surface area contributed by atoms with Crippen LogP contribution < -0.4 is 5.73 Å². The Labute approximate surface area is 107 Å². The third-order valence-corrected chi connectivity index (χ3v) is 5.56. The Morgan fingerprint density at radius 1 is 1.44 bits per heavy atom. The zero-order valence-corrected chi connectivity index (χ0v) is 11.2. The molecule has 2 unspecified atom stereocenters. The van der Waals surface area contributed by atoms with Crippen molar-refractivity contribution < 1.29 is 0 Å². The molecule has 0 amide bonds. The number of benzene rings is 1. The molecule has 1 aliphatic rings. The van der Waals surface area contributed by atoms with Crippen molar-refractivity contribution in [3.05, 3.63) is 29.3 Å². The van der Waals surface area contributed by atoms with Crippen molar-refractivity contribution in [2.75, 3.05) is 6.54 Å². The standard InChI is InChI=1S/C13H18ClNS/c1-10-3-2-8-13(10,9-15)16-12-6-4-11(14)5-7-12/h4-7,10H,2-3,8-9,15H2,1H3. The van der Waals surface area contributed by atoms with Crippen LogP contribution in [-0.2, 0) is 0 Å². The second-order valence-electron chi connectivity index (χ2n) is 4.62. The summed E-state index contributed by atoms with van der Waals surface area (Å²) < 4.78 is 0.244. The zero-order valence-electron chi connectivity index (χ0n) is 9.58. The molecule has 0 aliphatic heterocycles. The fraction of sp³-hybridized carbons (Fsp3) is 0.538. The number of hydrogen-bond acceptors (Lipinski definition) is 2. The van der Waals surface area contributed by atoms with E-state index in [1.165, 1.54) is 24.2 Å². The van der Waals surface area contributed by atoms with Crippen molar-refractivity contribution in [1.29, 1.82) is 0 Å². The van der Waals surface area contributed by atoms with Crippen molar-refractivity contribution in [2.24, 2.45) is 11.7 Å². The average molecular weight is 256 g/mol. The summed E-state index contributed by atoms with van der Waals surface area (Å²) in [6, 6.07) is 8.09. The van der Waals surface area contributed by atoms with Gasteiger partial charge in [-0.3, -0.25) is 0 Å². The highest BCUT2D eigenvalue weighted by atomic mass is 35.5. The van der Waals surface area contributed by atoms with E-state index in [2.05, 4.69) is 19.1 Å². The lowest BCUT2D eigenvalue weighted by atomic mass is 9.97. The maximum absolute atomic E-state index is 5.99. The van der Waals surface area contributed by atoms with Crippen LogP contribution in [0, 0.1) is 5.92 Å². The number of rotatable bonds is 3. The summed E-state index contributed by atoms with van der Waals surface area (Å²) in [4.78, 5) is 1.28. The molecule has 2 N–H and O–H groups in total. The van der Waals surface area contributed by atoms with Gasteiger partial charge in [0.15, 0.2) is 0 Å². The van der Waals surface area contributed by atoms with Gasteiger partial charge in [0.2, 0.25) is 0 Å². The van der Waals surface area contributed by atoms with Crippen molar-refractivity contribution in [3.8, 4) is 0 Å². The minimum atomic E-state index is 0.244. The highest BCUT2D eigenvalue weighted by Crippen LogP contribution is 2.48. The lowest BCUT2D eigenvalue weighted by Gasteiger charge is -2.31. The molecule has 0 bridgehead atoms. The summed E-state index contributed by atoms with van der Waals surface area (Å²) in [6.07, 6.45) is 3.84. The van der Waals surface area contributed by atoms with Gasteiger partial charge in [-0.15, -0.1) is 11.8 Å². The first-order valence-electron chi connectivity index (χ1n) is 5.81. The van der Waals surface area contributed by atoms with E-state index < -0.39 is 0 Å². The van der Waals surface area contributed by atoms with Crippen LogP contribution in [0.1, 0.15) is 26.2 Å². The van der Waals surface area contributed by atoms with Gasteiger partial charge >= 0.3 is 0 Å². The predicted molar refractivity (Wildman–Crippen MR) is 72.1 cm³/mol. The highest BCUT2D eigenvalue weighted by molar-refractivity contribution is 8.00. The largest absolute Gasteiger partial charge is 0.329 e. The number of hydrogen-bond donors (Lipinski definition) is 1. The summed E-state index contributed by atoms with van der Waals surface area (Å²) in [6.45, 7) is 3.09. The maximum atomic E-state index is 5.99. The summed E-state index contributed by atoms with van der Waals surface area (Å²) >= 11 is 7.82. The predicted octanol–water partition coefficient (Wildman–Crippen LogP) is 3.95. The first-order valence-corrected chi connectivity index (χ1v) is 7.00. The van der Waals surface area contributed by atoms with Gasteiger partial charge in [-0.1, -0.05) is 24.9 Å². The molecule has 16 heavy (non-hydrogen) atoms.